The lowest BCUT2D eigenvalue weighted by molar-refractivity contribution is -0.896. The second-order valence-corrected chi connectivity index (χ2v) is 7.75. The third kappa shape index (κ3) is 5.81. The van der Waals surface area contributed by atoms with Crippen molar-refractivity contribution >= 4 is 28.9 Å². The van der Waals surface area contributed by atoms with Gasteiger partial charge in [0.2, 0.25) is 0 Å². The summed E-state index contributed by atoms with van der Waals surface area (Å²) >= 11 is 5.56. The molecule has 1 aromatic carbocycles. The minimum absolute atomic E-state index is 0.319. The molecule has 2 saturated heterocycles. The van der Waals surface area contributed by atoms with Gasteiger partial charge in [0.1, 0.15) is 5.75 Å². The summed E-state index contributed by atoms with van der Waals surface area (Å²) in [6.07, 6.45) is 4.82. The number of nitrogens with one attached hydrogen (secondary N) is 2. The first-order valence-electron chi connectivity index (χ1n) is 9.97. The van der Waals surface area contributed by atoms with Crippen LogP contribution in [0.5, 0.6) is 5.75 Å². The van der Waals surface area contributed by atoms with Gasteiger partial charge in [-0.15, -0.1) is 0 Å². The summed E-state index contributed by atoms with van der Waals surface area (Å²) in [4.78, 5) is 18.2. The molecule has 1 aromatic rings. The van der Waals surface area contributed by atoms with E-state index in [1.807, 2.05) is 24.3 Å². The number of likely N-dealkylation sites (tertiary alicyclic amines) is 1. The number of ether oxygens (including phenoxy) is 1. The van der Waals surface area contributed by atoms with Crippen LogP contribution in [0.4, 0.5) is 5.69 Å². The minimum atomic E-state index is 0.319. The smallest absolute Gasteiger partial charge is 0.277 e. The highest BCUT2D eigenvalue weighted by Crippen LogP contribution is 2.15. The molecule has 2 N–H and O–H groups in total. The monoisotopic (exact) mass is 391 g/mol. The fraction of sp³-hybridized carbons (Fsp3) is 0.600. The summed E-state index contributed by atoms with van der Waals surface area (Å²) in [5.41, 5.74) is 0.965. The van der Waals surface area contributed by atoms with E-state index in [1.165, 1.54) is 17.7 Å². The summed E-state index contributed by atoms with van der Waals surface area (Å²) in [7, 11) is 1.66. The Kier molecular flexibility index (Phi) is 7.29. The number of rotatable bonds is 4. The molecule has 0 spiro atoms. The fourth-order valence-corrected chi connectivity index (χ4v) is 4.03. The summed E-state index contributed by atoms with van der Waals surface area (Å²) in [6, 6.07) is 7.77. The summed E-state index contributed by atoms with van der Waals surface area (Å²) in [5, 5.41) is 4.04. The van der Waals surface area contributed by atoms with E-state index in [-0.39, 0.29) is 0 Å². The van der Waals surface area contributed by atoms with Crippen LogP contribution in [0.1, 0.15) is 25.7 Å². The number of quaternary nitrogens is 1. The van der Waals surface area contributed by atoms with Crippen molar-refractivity contribution in [2.75, 3.05) is 58.2 Å². The van der Waals surface area contributed by atoms with Crippen LogP contribution in [0.3, 0.4) is 0 Å². The van der Waals surface area contributed by atoms with Gasteiger partial charge in [-0.25, -0.2) is 0 Å². The molecule has 0 aromatic heterocycles. The molecule has 2 aliphatic heterocycles. The van der Waals surface area contributed by atoms with Crippen LogP contribution in [0.15, 0.2) is 24.3 Å². The zero-order valence-corrected chi connectivity index (χ0v) is 17.0. The number of amides is 1. The van der Waals surface area contributed by atoms with Gasteiger partial charge >= 0.3 is 0 Å². The molecule has 27 heavy (non-hydrogen) atoms. The Bertz CT molecular complexity index is 621. The van der Waals surface area contributed by atoms with Crippen LogP contribution in [0, 0.1) is 0 Å². The van der Waals surface area contributed by atoms with Gasteiger partial charge in [0.15, 0.2) is 11.7 Å². The second-order valence-electron chi connectivity index (χ2n) is 7.37. The van der Waals surface area contributed by atoms with Gasteiger partial charge in [0.25, 0.3) is 5.91 Å². The van der Waals surface area contributed by atoms with Crippen molar-refractivity contribution < 1.29 is 14.4 Å². The predicted molar refractivity (Wildman–Crippen MR) is 111 cm³/mol. The Hall–Kier alpha value is -1.86. The number of methoxy groups -OCH3 is 1. The number of nitrogens with zero attached hydrogens (tertiary/aromatic N) is 2. The van der Waals surface area contributed by atoms with Gasteiger partial charge in [-0.1, -0.05) is 12.8 Å². The molecule has 0 saturated carbocycles. The number of carbonyl (C=O) groups excluding carboxylic acids is 1. The third-order valence-electron chi connectivity index (χ3n) is 5.46. The molecular weight excluding hydrogens is 360 g/mol. The molecule has 6 nitrogen and oxygen atoms in total. The van der Waals surface area contributed by atoms with E-state index in [2.05, 4.69) is 15.1 Å². The lowest BCUT2D eigenvalue weighted by Gasteiger charge is -2.34. The highest BCUT2D eigenvalue weighted by atomic mass is 32.1. The van der Waals surface area contributed by atoms with Gasteiger partial charge in [-0.3, -0.25) is 4.79 Å². The maximum atomic E-state index is 12.6. The molecule has 148 valence electrons. The topological polar surface area (TPSA) is 49.3 Å². The first-order valence-corrected chi connectivity index (χ1v) is 10.4. The average molecular weight is 392 g/mol. The third-order valence-corrected chi connectivity index (χ3v) is 5.82. The van der Waals surface area contributed by atoms with Crippen molar-refractivity contribution in [1.29, 1.82) is 0 Å². The van der Waals surface area contributed by atoms with E-state index in [9.17, 15) is 4.79 Å². The van der Waals surface area contributed by atoms with E-state index in [4.69, 9.17) is 17.0 Å². The number of hydrogen-bond donors (Lipinski definition) is 2. The van der Waals surface area contributed by atoms with Crippen molar-refractivity contribution in [3.05, 3.63) is 24.3 Å². The molecule has 0 aliphatic carbocycles. The highest BCUT2D eigenvalue weighted by molar-refractivity contribution is 7.80. The number of thiocarbonyl (C=S) groups is 1. The summed E-state index contributed by atoms with van der Waals surface area (Å²) < 4.78 is 5.18. The molecular formula is C20H31N4O2S+. The molecule has 0 atom stereocenters. The average Bonchev–Trinajstić information content (AvgIpc) is 2.99. The number of hydrogen-bond acceptors (Lipinski definition) is 3. The molecule has 0 unspecified atom stereocenters. The van der Waals surface area contributed by atoms with Crippen LogP contribution < -0.4 is 15.0 Å². The quantitative estimate of drug-likeness (QED) is 0.750. The molecule has 1 amide bonds. The zero-order valence-electron chi connectivity index (χ0n) is 16.2. The molecule has 0 bridgehead atoms. The van der Waals surface area contributed by atoms with Crippen molar-refractivity contribution in [3.63, 3.8) is 0 Å². The van der Waals surface area contributed by atoms with Crippen molar-refractivity contribution in [1.82, 2.24) is 9.80 Å². The number of anilines is 1. The van der Waals surface area contributed by atoms with Crippen molar-refractivity contribution in [3.8, 4) is 5.75 Å². The summed E-state index contributed by atoms with van der Waals surface area (Å²) in [5.74, 6) is 1.15. The van der Waals surface area contributed by atoms with E-state index >= 15 is 0 Å². The molecule has 3 rings (SSSR count). The van der Waals surface area contributed by atoms with Crippen molar-refractivity contribution in [2.24, 2.45) is 0 Å². The van der Waals surface area contributed by atoms with Crippen LogP contribution in [-0.2, 0) is 4.79 Å². The van der Waals surface area contributed by atoms with E-state index in [1.54, 1.807) is 7.11 Å². The van der Waals surface area contributed by atoms with Gasteiger partial charge < -0.3 is 24.8 Å². The van der Waals surface area contributed by atoms with E-state index < -0.39 is 0 Å². The van der Waals surface area contributed by atoms with Crippen molar-refractivity contribution in [2.45, 2.75) is 25.7 Å². The molecule has 2 fully saturated rings. The number of carbonyl (C=O) groups is 1. The Morgan fingerprint density at radius 1 is 1.04 bits per heavy atom. The first-order chi connectivity index (χ1) is 13.2. The number of piperazine rings is 1. The second kappa shape index (κ2) is 9.90. The molecule has 0 radical (unpaired) electrons. The normalized spacial score (nSPS) is 18.7. The summed E-state index contributed by atoms with van der Waals surface area (Å²) in [6.45, 7) is 6.15. The Morgan fingerprint density at radius 3 is 2.26 bits per heavy atom. The van der Waals surface area contributed by atoms with Gasteiger partial charge in [-0.05, 0) is 49.3 Å². The molecule has 7 heteroatoms. The SMILES string of the molecule is COc1ccc(NC(=S)N2CC[NH+](CC(=O)N3CCCCCC3)CC2)cc1. The van der Waals surface area contributed by atoms with Crippen LogP contribution in [0.2, 0.25) is 0 Å². The largest absolute Gasteiger partial charge is 0.497 e. The van der Waals surface area contributed by atoms with Gasteiger partial charge in [-0.2, -0.15) is 0 Å². The maximum Gasteiger partial charge on any atom is 0.277 e. The van der Waals surface area contributed by atoms with Crippen LogP contribution >= 0.6 is 12.2 Å². The Morgan fingerprint density at radius 2 is 1.67 bits per heavy atom. The zero-order chi connectivity index (χ0) is 19.1. The van der Waals surface area contributed by atoms with Gasteiger partial charge in [0, 0.05) is 18.8 Å². The fourth-order valence-electron chi connectivity index (χ4n) is 3.73. The van der Waals surface area contributed by atoms with E-state index in [0.29, 0.717) is 12.5 Å². The standard InChI is InChI=1S/C20H30N4O2S/c1-26-18-8-6-17(7-9-18)21-20(27)24-14-12-22(13-15-24)16-19(25)23-10-4-2-3-5-11-23/h6-9H,2-5,10-16H2,1H3,(H,21,27)/p+1. The Balaban J connectivity index is 1.42. The molecule has 2 heterocycles. The molecule has 2 aliphatic rings. The first kappa shape index (κ1) is 19.9. The minimum Gasteiger partial charge on any atom is -0.497 e. The number of benzene rings is 1. The van der Waals surface area contributed by atoms with Crippen LogP contribution in [0.25, 0.3) is 0 Å². The van der Waals surface area contributed by atoms with Crippen LogP contribution in [-0.4, -0.2) is 73.7 Å². The maximum absolute atomic E-state index is 12.6. The van der Waals surface area contributed by atoms with E-state index in [0.717, 1.165) is 68.7 Å². The Labute approximate surface area is 167 Å². The highest BCUT2D eigenvalue weighted by Gasteiger charge is 2.26. The lowest BCUT2D eigenvalue weighted by Crippen LogP contribution is -3.15. The lowest BCUT2D eigenvalue weighted by atomic mass is 10.2. The van der Waals surface area contributed by atoms with Gasteiger partial charge in [0.05, 0.1) is 33.3 Å². The predicted octanol–water partition coefficient (Wildman–Crippen LogP) is 0.995.